The number of thioether (sulfide) groups is 1. The normalized spacial score (nSPS) is 15.8. The highest BCUT2D eigenvalue weighted by Gasteiger charge is 2.18. The molecule has 0 fully saturated rings. The Morgan fingerprint density at radius 3 is 2.82 bits per heavy atom. The Kier molecular flexibility index (Phi) is 3.24. The number of nitrogens with zero attached hydrogens (tertiary/aromatic N) is 3. The highest BCUT2D eigenvalue weighted by Crippen LogP contribution is 2.14. The van der Waals surface area contributed by atoms with Gasteiger partial charge in [-0.25, -0.2) is 0 Å². The summed E-state index contributed by atoms with van der Waals surface area (Å²) in [4.78, 5) is 16.1. The van der Waals surface area contributed by atoms with Crippen LogP contribution in [0.4, 0.5) is 0 Å². The third-order valence-corrected chi connectivity index (χ3v) is 3.23. The number of hydrogen-bond donors (Lipinski definition) is 1. The molecule has 0 aromatic carbocycles. The Balaban J connectivity index is 2.07. The minimum atomic E-state index is -0.145. The molecule has 0 unspecified atom stereocenters. The summed E-state index contributed by atoms with van der Waals surface area (Å²) in [5.74, 6) is 0.797. The van der Waals surface area contributed by atoms with Gasteiger partial charge in [-0.05, 0) is 20.8 Å². The number of carbonyl (C=O) groups excluding carboxylic acids is 1. The van der Waals surface area contributed by atoms with Gasteiger partial charge in [-0.2, -0.15) is 5.10 Å². The van der Waals surface area contributed by atoms with Crippen molar-refractivity contribution in [1.82, 2.24) is 15.1 Å². The monoisotopic (exact) mass is 252 g/mol. The molecule has 5 nitrogen and oxygen atoms in total. The van der Waals surface area contributed by atoms with Crippen LogP contribution in [0.25, 0.3) is 0 Å². The molecule has 0 radical (unpaired) electrons. The van der Waals surface area contributed by atoms with Crippen LogP contribution in [0.5, 0.6) is 0 Å². The Morgan fingerprint density at radius 1 is 1.53 bits per heavy atom. The zero-order valence-corrected chi connectivity index (χ0v) is 11.0. The number of aromatic nitrogens is 2. The number of amidine groups is 1. The Hall–Kier alpha value is -1.30. The third-order valence-electron chi connectivity index (χ3n) is 2.34. The summed E-state index contributed by atoms with van der Waals surface area (Å²) in [6.45, 7) is 6.90. The molecule has 1 N–H and O–H groups in total. The van der Waals surface area contributed by atoms with E-state index in [9.17, 15) is 4.79 Å². The molecular formula is C11H16N4OS. The maximum atomic E-state index is 11.9. The predicted molar refractivity (Wildman–Crippen MR) is 69.4 cm³/mol. The number of carbonyl (C=O) groups is 1. The van der Waals surface area contributed by atoms with Crippen molar-refractivity contribution in [3.63, 3.8) is 0 Å². The first-order chi connectivity index (χ1) is 7.97. The van der Waals surface area contributed by atoms with E-state index in [-0.39, 0.29) is 11.4 Å². The van der Waals surface area contributed by atoms with Gasteiger partial charge in [-0.1, -0.05) is 11.8 Å². The summed E-state index contributed by atoms with van der Waals surface area (Å²) in [7, 11) is 0. The predicted octanol–water partition coefficient (Wildman–Crippen LogP) is 1.47. The zero-order chi connectivity index (χ0) is 12.5. The minimum absolute atomic E-state index is 0.113. The molecule has 0 aliphatic carbocycles. The molecule has 0 saturated carbocycles. The van der Waals surface area contributed by atoms with Crippen LogP contribution in [0.2, 0.25) is 0 Å². The molecule has 2 rings (SSSR count). The Bertz CT molecular complexity index is 458. The molecule has 92 valence electrons. The van der Waals surface area contributed by atoms with Gasteiger partial charge in [0.25, 0.3) is 5.91 Å². The fourth-order valence-corrected chi connectivity index (χ4v) is 2.11. The van der Waals surface area contributed by atoms with Crippen molar-refractivity contribution in [2.45, 2.75) is 26.3 Å². The summed E-state index contributed by atoms with van der Waals surface area (Å²) in [5, 5.41) is 7.68. The van der Waals surface area contributed by atoms with E-state index in [0.717, 1.165) is 12.3 Å². The van der Waals surface area contributed by atoms with Gasteiger partial charge in [-0.15, -0.1) is 0 Å². The van der Waals surface area contributed by atoms with Gasteiger partial charge in [0.1, 0.15) is 0 Å². The lowest BCUT2D eigenvalue weighted by Gasteiger charge is -2.18. The van der Waals surface area contributed by atoms with E-state index < -0.39 is 0 Å². The third kappa shape index (κ3) is 2.88. The fraction of sp³-hybridized carbons (Fsp3) is 0.545. The highest BCUT2D eigenvalue weighted by atomic mass is 32.2. The number of amides is 1. The summed E-state index contributed by atoms with van der Waals surface area (Å²) >= 11 is 1.57. The zero-order valence-electron chi connectivity index (χ0n) is 10.2. The largest absolute Gasteiger partial charge is 0.301 e. The van der Waals surface area contributed by atoms with Crippen LogP contribution in [0.15, 0.2) is 17.4 Å². The standard InChI is InChI=1S/C11H16N4OS/c1-11(2,3)15-7-8(6-13-15)9(16)14-10-12-4-5-17-10/h6-7H,4-5H2,1-3H3,(H,12,14,16). The average Bonchev–Trinajstić information content (AvgIpc) is 2.85. The van der Waals surface area contributed by atoms with Crippen LogP contribution in [0, 0.1) is 0 Å². The van der Waals surface area contributed by atoms with Gasteiger partial charge < -0.3 is 5.32 Å². The molecule has 0 spiro atoms. The SMILES string of the molecule is CC(C)(C)n1cc(C(=O)NC2=NCCS2)cn1. The van der Waals surface area contributed by atoms with Crippen molar-refractivity contribution >= 4 is 22.8 Å². The van der Waals surface area contributed by atoms with Crippen molar-refractivity contribution in [3.05, 3.63) is 18.0 Å². The summed E-state index contributed by atoms with van der Waals surface area (Å²) in [5.41, 5.74) is 0.452. The molecule has 0 atom stereocenters. The number of hydrogen-bond acceptors (Lipinski definition) is 4. The highest BCUT2D eigenvalue weighted by molar-refractivity contribution is 8.14. The van der Waals surface area contributed by atoms with E-state index in [2.05, 4.69) is 15.4 Å². The van der Waals surface area contributed by atoms with Crippen LogP contribution in [0.3, 0.4) is 0 Å². The first-order valence-electron chi connectivity index (χ1n) is 5.50. The van der Waals surface area contributed by atoms with Crippen LogP contribution in [-0.2, 0) is 5.54 Å². The van der Waals surface area contributed by atoms with Crippen LogP contribution < -0.4 is 5.32 Å². The maximum Gasteiger partial charge on any atom is 0.260 e. The van der Waals surface area contributed by atoms with Crippen molar-refractivity contribution in [3.8, 4) is 0 Å². The molecule has 1 aromatic heterocycles. The molecule has 1 amide bonds. The van der Waals surface area contributed by atoms with E-state index in [1.54, 1.807) is 28.8 Å². The van der Waals surface area contributed by atoms with E-state index in [4.69, 9.17) is 0 Å². The van der Waals surface area contributed by atoms with Gasteiger partial charge >= 0.3 is 0 Å². The smallest absolute Gasteiger partial charge is 0.260 e. The molecular weight excluding hydrogens is 236 g/mol. The van der Waals surface area contributed by atoms with E-state index in [1.165, 1.54) is 0 Å². The average molecular weight is 252 g/mol. The van der Waals surface area contributed by atoms with Crippen molar-refractivity contribution in [1.29, 1.82) is 0 Å². The second-order valence-corrected chi connectivity index (χ2v) is 5.92. The number of rotatable bonds is 1. The number of aliphatic imine (C=N–C) groups is 1. The summed E-state index contributed by atoms with van der Waals surface area (Å²) in [6.07, 6.45) is 3.34. The molecule has 1 aliphatic rings. The van der Waals surface area contributed by atoms with Gasteiger partial charge in [-0.3, -0.25) is 14.5 Å². The lowest BCUT2D eigenvalue weighted by Crippen LogP contribution is -2.27. The quantitative estimate of drug-likeness (QED) is 0.823. The second-order valence-electron chi connectivity index (χ2n) is 4.83. The van der Waals surface area contributed by atoms with Crippen molar-refractivity contribution in [2.24, 2.45) is 4.99 Å². The second kappa shape index (κ2) is 4.52. The van der Waals surface area contributed by atoms with E-state index >= 15 is 0 Å². The van der Waals surface area contributed by atoms with E-state index in [0.29, 0.717) is 10.7 Å². The van der Waals surface area contributed by atoms with Crippen LogP contribution in [0.1, 0.15) is 31.1 Å². The van der Waals surface area contributed by atoms with Gasteiger partial charge in [0, 0.05) is 11.9 Å². The molecule has 6 heteroatoms. The first-order valence-corrected chi connectivity index (χ1v) is 6.49. The number of nitrogens with one attached hydrogen (secondary N) is 1. The van der Waals surface area contributed by atoms with Crippen molar-refractivity contribution < 1.29 is 4.79 Å². The van der Waals surface area contributed by atoms with Gasteiger partial charge in [0.05, 0.1) is 23.8 Å². The molecule has 2 heterocycles. The lowest BCUT2D eigenvalue weighted by atomic mass is 10.1. The maximum absolute atomic E-state index is 11.9. The fourth-order valence-electron chi connectivity index (χ4n) is 1.39. The van der Waals surface area contributed by atoms with Crippen LogP contribution in [-0.4, -0.2) is 33.2 Å². The van der Waals surface area contributed by atoms with Crippen LogP contribution >= 0.6 is 11.8 Å². The lowest BCUT2D eigenvalue weighted by molar-refractivity contribution is 0.0978. The van der Waals surface area contributed by atoms with Gasteiger partial charge in [0.2, 0.25) is 0 Å². The molecule has 0 bridgehead atoms. The Morgan fingerprint density at radius 2 is 2.29 bits per heavy atom. The summed E-state index contributed by atoms with van der Waals surface area (Å²) < 4.78 is 1.78. The van der Waals surface area contributed by atoms with E-state index in [1.807, 2.05) is 20.8 Å². The molecule has 17 heavy (non-hydrogen) atoms. The minimum Gasteiger partial charge on any atom is -0.301 e. The Labute approximate surface area is 105 Å². The summed E-state index contributed by atoms with van der Waals surface area (Å²) in [6, 6.07) is 0. The first kappa shape index (κ1) is 12.2. The van der Waals surface area contributed by atoms with Crippen molar-refractivity contribution in [2.75, 3.05) is 12.3 Å². The molecule has 1 aliphatic heterocycles. The van der Waals surface area contributed by atoms with Gasteiger partial charge in [0.15, 0.2) is 5.17 Å². The topological polar surface area (TPSA) is 59.3 Å². The molecule has 0 saturated heterocycles. The molecule has 1 aromatic rings.